The van der Waals surface area contributed by atoms with Crippen LogP contribution in [0, 0.1) is 0 Å². The van der Waals surface area contributed by atoms with Gasteiger partial charge in [0, 0.05) is 31.5 Å². The van der Waals surface area contributed by atoms with E-state index in [1.807, 2.05) is 30.0 Å². The van der Waals surface area contributed by atoms with Gasteiger partial charge in [-0.3, -0.25) is 4.79 Å². The molecule has 0 saturated carbocycles. The summed E-state index contributed by atoms with van der Waals surface area (Å²) in [5.41, 5.74) is 2.23. The SMILES string of the molecule is CC(C)c1nnc2n1CCN(C(=O)/C=C/c1ccc3c(c1)CCO3)C2C. The van der Waals surface area contributed by atoms with Gasteiger partial charge in [0.05, 0.1) is 12.6 Å². The van der Waals surface area contributed by atoms with E-state index in [1.54, 1.807) is 6.08 Å². The molecule has 0 radical (unpaired) electrons. The number of amides is 1. The van der Waals surface area contributed by atoms with Gasteiger partial charge in [-0.1, -0.05) is 19.9 Å². The molecule has 1 atom stereocenters. The fraction of sp³-hybridized carbons (Fsp3) is 0.450. The Labute approximate surface area is 153 Å². The van der Waals surface area contributed by atoms with Crippen LogP contribution in [-0.2, 0) is 17.8 Å². The Kier molecular flexibility index (Phi) is 4.26. The summed E-state index contributed by atoms with van der Waals surface area (Å²) in [7, 11) is 0. The second kappa shape index (κ2) is 6.59. The van der Waals surface area contributed by atoms with Crippen LogP contribution in [0.2, 0.25) is 0 Å². The van der Waals surface area contributed by atoms with E-state index in [0.717, 1.165) is 42.5 Å². The van der Waals surface area contributed by atoms with Crippen molar-refractivity contribution >= 4 is 12.0 Å². The molecule has 0 N–H and O–H groups in total. The topological polar surface area (TPSA) is 60.2 Å². The van der Waals surface area contributed by atoms with Crippen LogP contribution in [0.3, 0.4) is 0 Å². The molecule has 6 heteroatoms. The van der Waals surface area contributed by atoms with Crippen LogP contribution in [0.25, 0.3) is 6.08 Å². The molecule has 4 rings (SSSR count). The maximum absolute atomic E-state index is 12.7. The molecule has 1 unspecified atom stereocenters. The number of ether oxygens (including phenoxy) is 1. The third-order valence-electron chi connectivity index (χ3n) is 5.15. The molecule has 1 amide bonds. The highest BCUT2D eigenvalue weighted by molar-refractivity contribution is 5.92. The minimum absolute atomic E-state index is 0.00888. The van der Waals surface area contributed by atoms with Gasteiger partial charge in [-0.2, -0.15) is 0 Å². The van der Waals surface area contributed by atoms with Gasteiger partial charge >= 0.3 is 0 Å². The van der Waals surface area contributed by atoms with E-state index >= 15 is 0 Å². The highest BCUT2D eigenvalue weighted by Gasteiger charge is 2.30. The van der Waals surface area contributed by atoms with Gasteiger partial charge in [0.2, 0.25) is 5.91 Å². The quantitative estimate of drug-likeness (QED) is 0.797. The second-order valence-electron chi connectivity index (χ2n) is 7.23. The van der Waals surface area contributed by atoms with Crippen molar-refractivity contribution in [3.63, 3.8) is 0 Å². The normalized spacial score (nSPS) is 18.9. The fourth-order valence-electron chi connectivity index (χ4n) is 3.71. The van der Waals surface area contributed by atoms with Crippen LogP contribution < -0.4 is 4.74 Å². The van der Waals surface area contributed by atoms with Gasteiger partial charge in [-0.15, -0.1) is 10.2 Å². The lowest BCUT2D eigenvalue weighted by atomic mass is 10.1. The van der Waals surface area contributed by atoms with E-state index in [9.17, 15) is 4.79 Å². The molecule has 2 aliphatic heterocycles. The van der Waals surface area contributed by atoms with Crippen LogP contribution in [0.15, 0.2) is 24.3 Å². The molecule has 0 spiro atoms. The van der Waals surface area contributed by atoms with Gasteiger partial charge in [0.1, 0.15) is 11.6 Å². The first kappa shape index (κ1) is 16.8. The maximum Gasteiger partial charge on any atom is 0.247 e. The summed E-state index contributed by atoms with van der Waals surface area (Å²) in [6.07, 6.45) is 4.47. The van der Waals surface area contributed by atoms with E-state index < -0.39 is 0 Å². The molecule has 1 aromatic carbocycles. The lowest BCUT2D eigenvalue weighted by Gasteiger charge is -2.33. The predicted octanol–water partition coefficient (Wildman–Crippen LogP) is 2.95. The average molecular weight is 352 g/mol. The Morgan fingerprint density at radius 3 is 2.96 bits per heavy atom. The molecule has 26 heavy (non-hydrogen) atoms. The van der Waals surface area contributed by atoms with Crippen LogP contribution in [0.1, 0.15) is 55.5 Å². The number of carbonyl (C=O) groups is 1. The van der Waals surface area contributed by atoms with Crippen molar-refractivity contribution in [2.24, 2.45) is 0 Å². The van der Waals surface area contributed by atoms with E-state index in [0.29, 0.717) is 12.5 Å². The number of carbonyl (C=O) groups excluding carboxylic acids is 1. The zero-order chi connectivity index (χ0) is 18.3. The highest BCUT2D eigenvalue weighted by Crippen LogP contribution is 2.28. The zero-order valence-corrected chi connectivity index (χ0v) is 15.5. The summed E-state index contributed by atoms with van der Waals surface area (Å²) in [6.45, 7) is 8.41. The molecular formula is C20H24N4O2. The van der Waals surface area contributed by atoms with Crippen molar-refractivity contribution in [3.8, 4) is 5.75 Å². The molecule has 0 fully saturated rings. The molecule has 6 nitrogen and oxygen atoms in total. The zero-order valence-electron chi connectivity index (χ0n) is 15.5. The van der Waals surface area contributed by atoms with Crippen molar-refractivity contribution in [1.82, 2.24) is 19.7 Å². The third kappa shape index (κ3) is 2.89. The van der Waals surface area contributed by atoms with Gasteiger partial charge in [0.25, 0.3) is 0 Å². The minimum Gasteiger partial charge on any atom is -0.493 e. The lowest BCUT2D eigenvalue weighted by Crippen LogP contribution is -2.40. The van der Waals surface area contributed by atoms with Crippen LogP contribution in [0.5, 0.6) is 5.75 Å². The van der Waals surface area contributed by atoms with Crippen molar-refractivity contribution in [2.45, 2.75) is 45.7 Å². The van der Waals surface area contributed by atoms with Gasteiger partial charge in [0.15, 0.2) is 5.82 Å². The van der Waals surface area contributed by atoms with E-state index in [4.69, 9.17) is 4.74 Å². The molecule has 3 heterocycles. The van der Waals surface area contributed by atoms with E-state index in [1.165, 1.54) is 5.56 Å². The van der Waals surface area contributed by atoms with Crippen LogP contribution in [-0.4, -0.2) is 38.7 Å². The predicted molar refractivity (Wildman–Crippen MR) is 98.9 cm³/mol. The fourth-order valence-corrected chi connectivity index (χ4v) is 3.71. The number of benzene rings is 1. The summed E-state index contributed by atoms with van der Waals surface area (Å²) in [4.78, 5) is 14.6. The molecule has 0 aliphatic carbocycles. The number of hydrogen-bond donors (Lipinski definition) is 0. The molecule has 136 valence electrons. The Morgan fingerprint density at radius 2 is 2.15 bits per heavy atom. The third-order valence-corrected chi connectivity index (χ3v) is 5.15. The standard InChI is InChI=1S/C20H24N4O2/c1-13(2)19-21-22-20-14(3)23(9-10-24(19)20)18(25)7-5-15-4-6-17-16(12-15)8-11-26-17/h4-7,12-14H,8-11H2,1-3H3/b7-5+. The summed E-state index contributed by atoms with van der Waals surface area (Å²) in [5, 5.41) is 8.64. The average Bonchev–Trinajstić information content (AvgIpc) is 3.26. The van der Waals surface area contributed by atoms with E-state index in [-0.39, 0.29) is 11.9 Å². The maximum atomic E-state index is 12.7. The molecule has 0 saturated heterocycles. The lowest BCUT2D eigenvalue weighted by molar-refractivity contribution is -0.129. The first-order chi connectivity index (χ1) is 12.5. The molecule has 2 aromatic rings. The summed E-state index contributed by atoms with van der Waals surface area (Å²) >= 11 is 0. The Morgan fingerprint density at radius 1 is 1.31 bits per heavy atom. The van der Waals surface area contributed by atoms with Crippen molar-refractivity contribution in [3.05, 3.63) is 47.1 Å². The van der Waals surface area contributed by atoms with Crippen LogP contribution >= 0.6 is 0 Å². The molecule has 1 aromatic heterocycles. The van der Waals surface area contributed by atoms with Crippen molar-refractivity contribution in [2.75, 3.05) is 13.2 Å². The first-order valence-electron chi connectivity index (χ1n) is 9.22. The summed E-state index contributed by atoms with van der Waals surface area (Å²) in [6, 6.07) is 5.98. The summed E-state index contributed by atoms with van der Waals surface area (Å²) < 4.78 is 7.68. The van der Waals surface area contributed by atoms with Gasteiger partial charge in [-0.25, -0.2) is 0 Å². The Hall–Kier alpha value is -2.63. The Bertz CT molecular complexity index is 869. The van der Waals surface area contributed by atoms with Crippen molar-refractivity contribution < 1.29 is 9.53 Å². The highest BCUT2D eigenvalue weighted by atomic mass is 16.5. The Balaban J connectivity index is 1.50. The first-order valence-corrected chi connectivity index (χ1v) is 9.22. The number of rotatable bonds is 3. The number of hydrogen-bond acceptors (Lipinski definition) is 4. The molecule has 2 aliphatic rings. The number of nitrogens with zero attached hydrogens (tertiary/aromatic N) is 4. The monoisotopic (exact) mass is 352 g/mol. The van der Waals surface area contributed by atoms with Crippen LogP contribution in [0.4, 0.5) is 0 Å². The molecule has 0 bridgehead atoms. The second-order valence-corrected chi connectivity index (χ2v) is 7.23. The van der Waals surface area contributed by atoms with Gasteiger partial charge in [-0.05, 0) is 36.3 Å². The number of fused-ring (bicyclic) bond motifs is 2. The minimum atomic E-state index is -0.0747. The smallest absolute Gasteiger partial charge is 0.247 e. The van der Waals surface area contributed by atoms with Crippen molar-refractivity contribution in [1.29, 1.82) is 0 Å². The largest absolute Gasteiger partial charge is 0.493 e. The van der Waals surface area contributed by atoms with E-state index in [2.05, 4.69) is 34.7 Å². The summed E-state index contributed by atoms with van der Waals surface area (Å²) in [5.74, 6) is 3.16. The molecular weight excluding hydrogens is 328 g/mol. The number of aromatic nitrogens is 3. The van der Waals surface area contributed by atoms with Gasteiger partial charge < -0.3 is 14.2 Å².